The van der Waals surface area contributed by atoms with Gasteiger partial charge in [0.15, 0.2) is 0 Å². The summed E-state index contributed by atoms with van der Waals surface area (Å²) in [6.07, 6.45) is -4.76. The zero-order valence-electron chi connectivity index (χ0n) is 8.63. The molecule has 0 bridgehead atoms. The van der Waals surface area contributed by atoms with Crippen molar-refractivity contribution in [3.05, 3.63) is 28.8 Å². The van der Waals surface area contributed by atoms with E-state index in [0.717, 1.165) is 6.07 Å². The molecule has 0 spiro atoms. The van der Waals surface area contributed by atoms with Crippen LogP contribution in [0.4, 0.5) is 13.2 Å². The lowest BCUT2D eigenvalue weighted by atomic mass is 9.99. The lowest BCUT2D eigenvalue weighted by Crippen LogP contribution is -2.20. The predicted molar refractivity (Wildman–Crippen MR) is 51.2 cm³/mol. The molecule has 1 amide bonds. The van der Waals surface area contributed by atoms with E-state index in [4.69, 9.17) is 15.7 Å². The van der Waals surface area contributed by atoms with Gasteiger partial charge in [-0.15, -0.1) is 0 Å². The number of methoxy groups -OCH3 is 1. The number of nitrogens with two attached hydrogens (primary N) is 1. The second-order valence-corrected chi connectivity index (χ2v) is 3.04. The van der Waals surface area contributed by atoms with E-state index in [1.165, 1.54) is 13.2 Å². The van der Waals surface area contributed by atoms with Crippen molar-refractivity contribution in [2.24, 2.45) is 5.73 Å². The number of hydrogen-bond acceptors (Lipinski definition) is 3. The van der Waals surface area contributed by atoms with Gasteiger partial charge < -0.3 is 10.5 Å². The molecule has 7 heteroatoms. The molecule has 90 valence electrons. The number of rotatable bonds is 2. The van der Waals surface area contributed by atoms with E-state index >= 15 is 0 Å². The molecule has 0 unspecified atom stereocenters. The van der Waals surface area contributed by atoms with Gasteiger partial charge in [0.2, 0.25) is 0 Å². The topological polar surface area (TPSA) is 76.1 Å². The molecule has 2 N–H and O–H groups in total. The van der Waals surface area contributed by atoms with Gasteiger partial charge >= 0.3 is 6.18 Å². The summed E-state index contributed by atoms with van der Waals surface area (Å²) < 4.78 is 42.5. The fraction of sp³-hybridized carbons (Fsp3) is 0.200. The van der Waals surface area contributed by atoms with Crippen LogP contribution < -0.4 is 10.5 Å². The SMILES string of the molecule is COc1ccc(C(F)(F)F)c(C(N)=O)c1C#N. The van der Waals surface area contributed by atoms with Crippen LogP contribution in [-0.4, -0.2) is 13.0 Å². The normalized spacial score (nSPS) is 10.8. The van der Waals surface area contributed by atoms with Crippen molar-refractivity contribution in [1.82, 2.24) is 0 Å². The van der Waals surface area contributed by atoms with Crippen molar-refractivity contribution in [1.29, 1.82) is 5.26 Å². The number of nitrogens with zero attached hydrogens (tertiary/aromatic N) is 1. The number of primary amides is 1. The van der Waals surface area contributed by atoms with E-state index in [-0.39, 0.29) is 5.75 Å². The van der Waals surface area contributed by atoms with Crippen LogP contribution in [0, 0.1) is 11.3 Å². The van der Waals surface area contributed by atoms with Crippen LogP contribution in [0.1, 0.15) is 21.5 Å². The third-order valence-electron chi connectivity index (χ3n) is 2.05. The van der Waals surface area contributed by atoms with Gasteiger partial charge in [0.1, 0.15) is 17.4 Å². The Balaban J connectivity index is 3.67. The maximum atomic E-state index is 12.6. The summed E-state index contributed by atoms with van der Waals surface area (Å²) in [5.41, 5.74) is 2.22. The summed E-state index contributed by atoms with van der Waals surface area (Å²) >= 11 is 0. The molecule has 0 saturated heterocycles. The third-order valence-corrected chi connectivity index (χ3v) is 2.05. The van der Waals surface area contributed by atoms with Gasteiger partial charge in [0.05, 0.1) is 18.2 Å². The first kappa shape index (κ1) is 12.8. The zero-order valence-corrected chi connectivity index (χ0v) is 8.63. The van der Waals surface area contributed by atoms with Crippen molar-refractivity contribution in [3.8, 4) is 11.8 Å². The Morgan fingerprint density at radius 3 is 2.41 bits per heavy atom. The average Bonchev–Trinajstić information content (AvgIpc) is 2.25. The molecule has 0 saturated carbocycles. The molecular weight excluding hydrogens is 237 g/mol. The van der Waals surface area contributed by atoms with Crippen LogP contribution in [-0.2, 0) is 6.18 Å². The molecule has 0 aliphatic carbocycles. The largest absolute Gasteiger partial charge is 0.495 e. The Hall–Kier alpha value is -2.23. The second-order valence-electron chi connectivity index (χ2n) is 3.04. The van der Waals surface area contributed by atoms with Crippen molar-refractivity contribution < 1.29 is 22.7 Å². The van der Waals surface area contributed by atoms with E-state index in [1.54, 1.807) is 0 Å². The maximum absolute atomic E-state index is 12.6. The van der Waals surface area contributed by atoms with E-state index in [2.05, 4.69) is 0 Å². The Bertz CT molecular complexity index is 503. The smallest absolute Gasteiger partial charge is 0.417 e. The summed E-state index contributed by atoms with van der Waals surface area (Å²) in [7, 11) is 1.17. The van der Waals surface area contributed by atoms with Gasteiger partial charge in [0.25, 0.3) is 5.91 Å². The number of hydrogen-bond donors (Lipinski definition) is 1. The maximum Gasteiger partial charge on any atom is 0.417 e. The van der Waals surface area contributed by atoms with Crippen molar-refractivity contribution in [2.75, 3.05) is 7.11 Å². The Kier molecular flexibility index (Phi) is 3.27. The lowest BCUT2D eigenvalue weighted by Gasteiger charge is -2.13. The van der Waals surface area contributed by atoms with Crippen LogP contribution in [0.15, 0.2) is 12.1 Å². The first-order valence-electron chi connectivity index (χ1n) is 4.31. The van der Waals surface area contributed by atoms with Crippen LogP contribution in [0.2, 0.25) is 0 Å². The first-order chi connectivity index (χ1) is 7.82. The molecule has 0 radical (unpaired) electrons. The van der Waals surface area contributed by atoms with Gasteiger partial charge in [-0.25, -0.2) is 0 Å². The Morgan fingerprint density at radius 1 is 1.47 bits per heavy atom. The van der Waals surface area contributed by atoms with E-state index in [0.29, 0.717) is 6.07 Å². The van der Waals surface area contributed by atoms with Gasteiger partial charge in [-0.2, -0.15) is 18.4 Å². The van der Waals surface area contributed by atoms with Crippen molar-refractivity contribution >= 4 is 5.91 Å². The lowest BCUT2D eigenvalue weighted by molar-refractivity contribution is -0.137. The standard InChI is InChI=1S/C10H7F3N2O2/c1-17-7-3-2-6(10(11,12)13)8(9(15)16)5(7)4-14/h2-3H,1H3,(H2,15,16). The summed E-state index contributed by atoms with van der Waals surface area (Å²) in [6, 6.07) is 3.10. The minimum Gasteiger partial charge on any atom is -0.495 e. The van der Waals surface area contributed by atoms with Crippen LogP contribution in [0.25, 0.3) is 0 Å². The molecule has 17 heavy (non-hydrogen) atoms. The quantitative estimate of drug-likeness (QED) is 0.859. The third kappa shape index (κ3) is 2.30. The number of carbonyl (C=O) groups excluding carboxylic acids is 1. The van der Waals surface area contributed by atoms with Crippen molar-refractivity contribution in [2.45, 2.75) is 6.18 Å². The molecule has 0 heterocycles. The number of amides is 1. The number of halogens is 3. The monoisotopic (exact) mass is 244 g/mol. The molecule has 1 aromatic rings. The molecule has 0 atom stereocenters. The molecule has 0 aliphatic heterocycles. The highest BCUT2D eigenvalue weighted by atomic mass is 19.4. The van der Waals surface area contributed by atoms with E-state index in [1.807, 2.05) is 0 Å². The molecule has 0 fully saturated rings. The van der Waals surface area contributed by atoms with Crippen molar-refractivity contribution in [3.63, 3.8) is 0 Å². The first-order valence-corrected chi connectivity index (χ1v) is 4.31. The highest BCUT2D eigenvalue weighted by Crippen LogP contribution is 2.36. The van der Waals surface area contributed by atoms with Gasteiger partial charge in [-0.3, -0.25) is 4.79 Å². The Labute approximate surface area is 94.4 Å². The van der Waals surface area contributed by atoms with Gasteiger partial charge in [-0.1, -0.05) is 0 Å². The number of nitriles is 1. The Morgan fingerprint density at radius 2 is 2.06 bits per heavy atom. The van der Waals surface area contributed by atoms with E-state index < -0.39 is 28.8 Å². The van der Waals surface area contributed by atoms with Crippen LogP contribution in [0.5, 0.6) is 5.75 Å². The molecule has 1 aromatic carbocycles. The zero-order chi connectivity index (χ0) is 13.2. The minimum absolute atomic E-state index is 0.130. The summed E-state index contributed by atoms with van der Waals surface area (Å²) in [6.45, 7) is 0. The number of alkyl halides is 3. The molecule has 0 aromatic heterocycles. The summed E-state index contributed by atoms with van der Waals surface area (Å²) in [5.74, 6) is -1.46. The van der Waals surface area contributed by atoms with Gasteiger partial charge in [-0.05, 0) is 12.1 Å². The molecular formula is C10H7F3N2O2. The number of ether oxygens (including phenoxy) is 1. The van der Waals surface area contributed by atoms with Crippen LogP contribution >= 0.6 is 0 Å². The van der Waals surface area contributed by atoms with E-state index in [9.17, 15) is 18.0 Å². The second kappa shape index (κ2) is 4.33. The minimum atomic E-state index is -4.76. The summed E-state index contributed by atoms with van der Waals surface area (Å²) in [5, 5.41) is 8.76. The number of benzene rings is 1. The highest BCUT2D eigenvalue weighted by molar-refractivity contribution is 5.98. The number of carbonyl (C=O) groups is 1. The van der Waals surface area contributed by atoms with Gasteiger partial charge in [0, 0.05) is 0 Å². The highest BCUT2D eigenvalue weighted by Gasteiger charge is 2.37. The fourth-order valence-electron chi connectivity index (χ4n) is 1.36. The summed E-state index contributed by atoms with van der Waals surface area (Å²) in [4.78, 5) is 11.0. The average molecular weight is 244 g/mol. The fourth-order valence-corrected chi connectivity index (χ4v) is 1.36. The molecule has 1 rings (SSSR count). The predicted octanol–water partition coefficient (Wildman–Crippen LogP) is 1.68. The van der Waals surface area contributed by atoms with Crippen LogP contribution in [0.3, 0.4) is 0 Å². The molecule has 0 aliphatic rings. The molecule has 4 nitrogen and oxygen atoms in total.